The van der Waals surface area contributed by atoms with Crippen LogP contribution in [0, 0.1) is 5.92 Å². The second-order valence-electron chi connectivity index (χ2n) is 7.06. The molecule has 4 N–H and O–H groups in total. The molecule has 2 amide bonds. The molecule has 0 fully saturated rings. The topological polar surface area (TPSA) is 93.4 Å². The third kappa shape index (κ3) is 4.69. The first-order valence-electron chi connectivity index (χ1n) is 9.14. The number of thiocarbonyl (C=S) groups is 1. The summed E-state index contributed by atoms with van der Waals surface area (Å²) >= 11 is 6.72. The highest BCUT2D eigenvalue weighted by atomic mass is 32.1. The van der Waals surface area contributed by atoms with E-state index in [2.05, 4.69) is 24.5 Å². The Morgan fingerprint density at radius 1 is 1.25 bits per heavy atom. The van der Waals surface area contributed by atoms with Crippen molar-refractivity contribution in [3.05, 3.63) is 45.8 Å². The zero-order valence-electron chi connectivity index (χ0n) is 15.8. The summed E-state index contributed by atoms with van der Waals surface area (Å²) < 4.78 is 5.62. The van der Waals surface area contributed by atoms with E-state index in [9.17, 15) is 9.59 Å². The van der Waals surface area contributed by atoms with Crippen molar-refractivity contribution < 1.29 is 14.3 Å². The molecule has 8 heteroatoms. The third-order valence-corrected chi connectivity index (χ3v) is 5.73. The van der Waals surface area contributed by atoms with Crippen molar-refractivity contribution >= 4 is 45.5 Å². The Bertz CT molecular complexity index is 904. The predicted octanol–water partition coefficient (Wildman–Crippen LogP) is 3.50. The summed E-state index contributed by atoms with van der Waals surface area (Å²) in [5.41, 5.74) is 7.50. The van der Waals surface area contributed by atoms with Gasteiger partial charge in [0.25, 0.3) is 11.8 Å². The largest absolute Gasteiger partial charge is 0.493 e. The van der Waals surface area contributed by atoms with Gasteiger partial charge >= 0.3 is 0 Å². The van der Waals surface area contributed by atoms with E-state index in [1.807, 2.05) is 0 Å². The summed E-state index contributed by atoms with van der Waals surface area (Å²) in [6.45, 7) is 4.76. The third-order valence-electron chi connectivity index (χ3n) is 4.32. The van der Waals surface area contributed by atoms with Gasteiger partial charge in [-0.3, -0.25) is 14.9 Å². The number of nitrogens with one attached hydrogen (secondary N) is 2. The van der Waals surface area contributed by atoms with E-state index in [1.54, 1.807) is 24.3 Å². The van der Waals surface area contributed by atoms with Crippen LogP contribution < -0.4 is 21.1 Å². The molecule has 0 spiro atoms. The van der Waals surface area contributed by atoms with Gasteiger partial charge in [-0.05, 0) is 67.2 Å². The summed E-state index contributed by atoms with van der Waals surface area (Å²) in [5.74, 6) is 0.325. The number of nitrogens with two attached hydrogens (primary N) is 1. The number of thiophene rings is 1. The number of rotatable bonds is 6. The molecule has 0 bridgehead atoms. The number of fused-ring (bicyclic) bond motifs is 1. The molecule has 1 aliphatic carbocycles. The summed E-state index contributed by atoms with van der Waals surface area (Å²) in [6, 6.07) is 6.87. The fourth-order valence-corrected chi connectivity index (χ4v) is 4.59. The number of carbonyl (C=O) groups is 2. The van der Waals surface area contributed by atoms with Gasteiger partial charge in [-0.1, -0.05) is 13.8 Å². The standard InChI is InChI=1S/C20H23N3O3S2/c1-11(2)10-26-13-8-6-12(7-9-13)18(25)22-20(27)23-19-16(17(21)24)14-4-3-5-15(14)28-19/h6-9,11H,3-5,10H2,1-2H3,(H2,21,24)(H2,22,23,25,27). The minimum Gasteiger partial charge on any atom is -0.493 e. The monoisotopic (exact) mass is 417 g/mol. The van der Waals surface area contributed by atoms with Crippen LogP contribution in [0.25, 0.3) is 0 Å². The zero-order chi connectivity index (χ0) is 20.3. The Kier molecular flexibility index (Phi) is 6.31. The lowest BCUT2D eigenvalue weighted by Gasteiger charge is -2.11. The minimum absolute atomic E-state index is 0.132. The van der Waals surface area contributed by atoms with Crippen molar-refractivity contribution in [2.24, 2.45) is 11.7 Å². The molecule has 1 aromatic heterocycles. The van der Waals surface area contributed by atoms with Crippen molar-refractivity contribution in [3.8, 4) is 5.75 Å². The summed E-state index contributed by atoms with van der Waals surface area (Å²) in [4.78, 5) is 25.4. The summed E-state index contributed by atoms with van der Waals surface area (Å²) in [5, 5.41) is 6.33. The molecule has 0 unspecified atom stereocenters. The number of hydrogen-bond donors (Lipinski definition) is 3. The molecular weight excluding hydrogens is 394 g/mol. The second kappa shape index (κ2) is 8.70. The number of amides is 2. The molecule has 0 radical (unpaired) electrons. The second-order valence-corrected chi connectivity index (χ2v) is 8.58. The van der Waals surface area contributed by atoms with Gasteiger partial charge in [0, 0.05) is 10.4 Å². The van der Waals surface area contributed by atoms with E-state index >= 15 is 0 Å². The van der Waals surface area contributed by atoms with Gasteiger partial charge in [0.1, 0.15) is 10.8 Å². The van der Waals surface area contributed by atoms with E-state index in [1.165, 1.54) is 11.3 Å². The normalized spacial score (nSPS) is 12.5. The predicted molar refractivity (Wildman–Crippen MR) is 115 cm³/mol. The average molecular weight is 418 g/mol. The Balaban J connectivity index is 1.62. The van der Waals surface area contributed by atoms with Crippen LogP contribution in [0.2, 0.25) is 0 Å². The number of hydrogen-bond acceptors (Lipinski definition) is 5. The Labute approximate surface area is 173 Å². The average Bonchev–Trinajstić information content (AvgIpc) is 3.20. The Morgan fingerprint density at radius 3 is 2.61 bits per heavy atom. The summed E-state index contributed by atoms with van der Waals surface area (Å²) in [7, 11) is 0. The molecule has 3 rings (SSSR count). The van der Waals surface area contributed by atoms with E-state index in [0.29, 0.717) is 34.4 Å². The van der Waals surface area contributed by atoms with Crippen molar-refractivity contribution in [2.75, 3.05) is 11.9 Å². The van der Waals surface area contributed by atoms with Crippen molar-refractivity contribution in [2.45, 2.75) is 33.1 Å². The van der Waals surface area contributed by atoms with E-state index in [0.717, 1.165) is 29.7 Å². The first-order chi connectivity index (χ1) is 13.3. The summed E-state index contributed by atoms with van der Waals surface area (Å²) in [6.07, 6.45) is 2.81. The van der Waals surface area contributed by atoms with Gasteiger partial charge in [-0.25, -0.2) is 0 Å². The molecule has 1 aliphatic rings. The lowest BCUT2D eigenvalue weighted by molar-refractivity contribution is 0.0975. The fraction of sp³-hybridized carbons (Fsp3) is 0.350. The highest BCUT2D eigenvalue weighted by molar-refractivity contribution is 7.80. The molecule has 0 saturated carbocycles. The number of benzene rings is 1. The highest BCUT2D eigenvalue weighted by Crippen LogP contribution is 2.38. The number of ether oxygens (including phenoxy) is 1. The molecule has 2 aromatic rings. The van der Waals surface area contributed by atoms with Gasteiger partial charge in [0.15, 0.2) is 5.11 Å². The van der Waals surface area contributed by atoms with Gasteiger partial charge in [-0.15, -0.1) is 11.3 Å². The van der Waals surface area contributed by atoms with Crippen LogP contribution in [0.4, 0.5) is 5.00 Å². The lowest BCUT2D eigenvalue weighted by Crippen LogP contribution is -2.34. The van der Waals surface area contributed by atoms with Crippen molar-refractivity contribution in [3.63, 3.8) is 0 Å². The maximum absolute atomic E-state index is 12.4. The van der Waals surface area contributed by atoms with Crippen LogP contribution in [0.1, 0.15) is 51.4 Å². The SMILES string of the molecule is CC(C)COc1ccc(C(=O)NC(=S)Nc2sc3c(c2C(N)=O)CCC3)cc1. The van der Waals surface area contributed by atoms with Crippen LogP contribution >= 0.6 is 23.6 Å². The first-order valence-corrected chi connectivity index (χ1v) is 10.4. The first kappa shape index (κ1) is 20.3. The zero-order valence-corrected chi connectivity index (χ0v) is 17.5. The Hall–Kier alpha value is -2.45. The number of anilines is 1. The number of aryl methyl sites for hydroxylation is 1. The van der Waals surface area contributed by atoms with Crippen LogP contribution in [0.5, 0.6) is 5.75 Å². The smallest absolute Gasteiger partial charge is 0.257 e. The van der Waals surface area contributed by atoms with Crippen LogP contribution in [-0.2, 0) is 12.8 Å². The molecular formula is C20H23N3O3S2. The molecule has 1 aromatic carbocycles. The molecule has 28 heavy (non-hydrogen) atoms. The number of carbonyl (C=O) groups excluding carboxylic acids is 2. The molecule has 0 atom stereocenters. The fourth-order valence-electron chi connectivity index (χ4n) is 3.03. The molecule has 148 valence electrons. The highest BCUT2D eigenvalue weighted by Gasteiger charge is 2.25. The quantitative estimate of drug-likeness (QED) is 0.626. The molecule has 6 nitrogen and oxygen atoms in total. The Morgan fingerprint density at radius 2 is 1.96 bits per heavy atom. The van der Waals surface area contributed by atoms with Crippen molar-refractivity contribution in [1.82, 2.24) is 5.32 Å². The minimum atomic E-state index is -0.479. The van der Waals surface area contributed by atoms with Crippen LogP contribution in [-0.4, -0.2) is 23.5 Å². The number of primary amides is 1. The molecule has 0 aliphatic heterocycles. The molecule has 1 heterocycles. The maximum Gasteiger partial charge on any atom is 0.257 e. The van der Waals surface area contributed by atoms with Gasteiger partial charge < -0.3 is 15.8 Å². The van der Waals surface area contributed by atoms with Crippen LogP contribution in [0.3, 0.4) is 0 Å². The van der Waals surface area contributed by atoms with Crippen LogP contribution in [0.15, 0.2) is 24.3 Å². The lowest BCUT2D eigenvalue weighted by atomic mass is 10.1. The van der Waals surface area contributed by atoms with E-state index in [4.69, 9.17) is 22.7 Å². The maximum atomic E-state index is 12.4. The van der Waals surface area contributed by atoms with E-state index in [-0.39, 0.29) is 11.0 Å². The van der Waals surface area contributed by atoms with Gasteiger partial charge in [0.05, 0.1) is 12.2 Å². The van der Waals surface area contributed by atoms with Crippen molar-refractivity contribution in [1.29, 1.82) is 0 Å². The van der Waals surface area contributed by atoms with E-state index < -0.39 is 5.91 Å². The van der Waals surface area contributed by atoms with Gasteiger partial charge in [0.2, 0.25) is 0 Å². The molecule has 0 saturated heterocycles. The van der Waals surface area contributed by atoms with Gasteiger partial charge in [-0.2, -0.15) is 0 Å².